The van der Waals surface area contributed by atoms with Gasteiger partial charge in [-0.2, -0.15) is 0 Å². The van der Waals surface area contributed by atoms with Crippen LogP contribution in [0, 0.1) is 0 Å². The zero-order valence-corrected chi connectivity index (χ0v) is 21.9. The normalized spacial score (nSPS) is 14.8. The third-order valence-corrected chi connectivity index (χ3v) is 8.01. The second-order valence-corrected chi connectivity index (χ2v) is 10.1. The van der Waals surface area contributed by atoms with Gasteiger partial charge in [-0.3, -0.25) is 0 Å². The van der Waals surface area contributed by atoms with Crippen LogP contribution in [0.2, 0.25) is 0 Å². The molecule has 7 rings (SSSR count). The summed E-state index contributed by atoms with van der Waals surface area (Å²) in [5.41, 5.74) is 8.45. The molecule has 0 fully saturated rings. The van der Waals surface area contributed by atoms with Crippen LogP contribution >= 0.6 is 0 Å². The molecule has 0 spiro atoms. The van der Waals surface area contributed by atoms with Crippen LogP contribution in [-0.4, -0.2) is 18.8 Å². The van der Waals surface area contributed by atoms with Gasteiger partial charge in [-0.1, -0.05) is 79.7 Å². The van der Waals surface area contributed by atoms with E-state index in [0.717, 1.165) is 34.5 Å². The lowest BCUT2D eigenvalue weighted by Gasteiger charge is -2.22. The van der Waals surface area contributed by atoms with Gasteiger partial charge >= 0.3 is 0 Å². The van der Waals surface area contributed by atoms with Crippen LogP contribution in [0.4, 0.5) is 0 Å². The maximum Gasteiger partial charge on any atom is 0.126 e. The van der Waals surface area contributed by atoms with Gasteiger partial charge in [0.2, 0.25) is 0 Å². The fourth-order valence-corrected chi connectivity index (χ4v) is 6.28. The molecule has 0 saturated carbocycles. The van der Waals surface area contributed by atoms with Crippen molar-refractivity contribution in [2.45, 2.75) is 19.3 Å². The summed E-state index contributed by atoms with van der Waals surface area (Å²) >= 11 is 0. The number of methoxy groups -OCH3 is 2. The topological polar surface area (TPSA) is 23.4 Å². The molecule has 5 aromatic carbocycles. The quantitative estimate of drug-likeness (QED) is 0.243. The van der Waals surface area contributed by atoms with Crippen LogP contribution in [0.15, 0.2) is 97.1 Å². The Morgan fingerprint density at radius 1 is 0.711 bits per heavy atom. The summed E-state index contributed by atoms with van der Waals surface area (Å²) in [7, 11) is 3.52. The van der Waals surface area contributed by atoms with E-state index in [2.05, 4.69) is 115 Å². The van der Waals surface area contributed by atoms with Crippen LogP contribution in [0.3, 0.4) is 0 Å². The van der Waals surface area contributed by atoms with Crippen molar-refractivity contribution in [2.75, 3.05) is 14.2 Å². The van der Waals surface area contributed by atoms with Gasteiger partial charge in [0.15, 0.2) is 0 Å². The molecule has 0 amide bonds. The molecular weight excluding hydrogens is 466 g/mol. The van der Waals surface area contributed by atoms with Crippen molar-refractivity contribution in [3.63, 3.8) is 0 Å². The first-order valence-electron chi connectivity index (χ1n) is 13.2. The van der Waals surface area contributed by atoms with E-state index in [-0.39, 0.29) is 0 Å². The zero-order valence-electron chi connectivity index (χ0n) is 21.9. The third-order valence-electron chi connectivity index (χ3n) is 8.01. The molecule has 1 aliphatic carbocycles. The Morgan fingerprint density at radius 2 is 1.47 bits per heavy atom. The molecular formula is C35H29NO2. The Kier molecular flexibility index (Phi) is 5.26. The lowest BCUT2D eigenvalue weighted by molar-refractivity contribution is 0.406. The Morgan fingerprint density at radius 3 is 2.26 bits per heavy atom. The monoisotopic (exact) mass is 495 g/mol. The molecule has 3 heteroatoms. The van der Waals surface area contributed by atoms with E-state index >= 15 is 0 Å². The van der Waals surface area contributed by atoms with Crippen molar-refractivity contribution < 1.29 is 9.47 Å². The number of para-hydroxylation sites is 1. The van der Waals surface area contributed by atoms with Crippen LogP contribution in [0.1, 0.15) is 30.4 Å². The van der Waals surface area contributed by atoms with Gasteiger partial charge in [-0.25, -0.2) is 0 Å². The average Bonchev–Trinajstić information content (AvgIpc) is 3.30. The molecule has 0 aliphatic heterocycles. The minimum Gasteiger partial charge on any atom is -0.496 e. The molecule has 6 aromatic rings. The van der Waals surface area contributed by atoms with Crippen molar-refractivity contribution >= 4 is 38.7 Å². The Labute approximate surface area is 222 Å². The van der Waals surface area contributed by atoms with Gasteiger partial charge < -0.3 is 14.0 Å². The molecule has 1 heterocycles. The highest BCUT2D eigenvalue weighted by Crippen LogP contribution is 2.46. The summed E-state index contributed by atoms with van der Waals surface area (Å²) in [5, 5.41) is 4.84. The summed E-state index contributed by atoms with van der Waals surface area (Å²) in [6, 6.07) is 32.5. The van der Waals surface area contributed by atoms with E-state index < -0.39 is 0 Å². The minimum atomic E-state index is 0.411. The number of fused-ring (bicyclic) bond motifs is 6. The highest BCUT2D eigenvalue weighted by atomic mass is 16.5. The first-order valence-corrected chi connectivity index (χ1v) is 13.2. The summed E-state index contributed by atoms with van der Waals surface area (Å²) < 4.78 is 14.0. The molecule has 38 heavy (non-hydrogen) atoms. The van der Waals surface area contributed by atoms with Gasteiger partial charge in [0.25, 0.3) is 0 Å². The highest BCUT2D eigenvalue weighted by Gasteiger charge is 2.25. The summed E-state index contributed by atoms with van der Waals surface area (Å²) in [6.07, 6.45) is 5.62. The van der Waals surface area contributed by atoms with Crippen molar-refractivity contribution in [1.29, 1.82) is 0 Å². The van der Waals surface area contributed by atoms with E-state index in [0.29, 0.717) is 5.92 Å². The van der Waals surface area contributed by atoms with Gasteiger partial charge in [-0.05, 0) is 58.7 Å². The molecule has 0 N–H and O–H groups in total. The number of hydrogen-bond donors (Lipinski definition) is 0. The van der Waals surface area contributed by atoms with Crippen LogP contribution in [0.25, 0.3) is 55.5 Å². The molecule has 0 bridgehead atoms. The molecule has 1 atom stereocenters. The van der Waals surface area contributed by atoms with E-state index in [9.17, 15) is 0 Å². The molecule has 0 radical (unpaired) electrons. The summed E-state index contributed by atoms with van der Waals surface area (Å²) in [6.45, 7) is 2.29. The number of rotatable bonds is 4. The van der Waals surface area contributed by atoms with E-state index in [1.165, 1.54) is 43.9 Å². The minimum absolute atomic E-state index is 0.411. The average molecular weight is 496 g/mol. The fourth-order valence-electron chi connectivity index (χ4n) is 6.28. The second kappa shape index (κ2) is 8.81. The molecule has 3 nitrogen and oxygen atoms in total. The number of ether oxygens (including phenoxy) is 2. The lowest BCUT2D eigenvalue weighted by Crippen LogP contribution is -2.04. The maximum absolute atomic E-state index is 5.98. The van der Waals surface area contributed by atoms with Crippen molar-refractivity contribution in [1.82, 2.24) is 4.57 Å². The molecule has 1 aromatic heterocycles. The number of allylic oxidation sites excluding steroid dienone is 1. The standard InChI is InChI=1S/C35H29NO2/c1-22-10-9-15-29-34(22)33(38-3)21-31-35(29)28-17-16-23(20-30(28)36(31)24-11-5-4-6-12-24)25-18-19-32(37-2)27-14-8-7-13-26(25)27/h4-9,11-22H,10H2,1-3H3. The van der Waals surface area contributed by atoms with E-state index in [4.69, 9.17) is 9.47 Å². The predicted molar refractivity (Wildman–Crippen MR) is 159 cm³/mol. The first kappa shape index (κ1) is 22.7. The molecule has 1 unspecified atom stereocenters. The van der Waals surface area contributed by atoms with E-state index in [1.54, 1.807) is 14.2 Å². The number of nitrogens with zero attached hydrogens (tertiary/aromatic N) is 1. The third kappa shape index (κ3) is 3.28. The number of benzene rings is 5. The predicted octanol–water partition coefficient (Wildman–Crippen LogP) is 9.14. The van der Waals surface area contributed by atoms with Crippen LogP contribution < -0.4 is 9.47 Å². The zero-order chi connectivity index (χ0) is 25.8. The number of hydrogen-bond acceptors (Lipinski definition) is 2. The van der Waals surface area contributed by atoms with Gasteiger partial charge in [0.1, 0.15) is 11.5 Å². The number of aromatic nitrogens is 1. The van der Waals surface area contributed by atoms with Gasteiger partial charge in [-0.15, -0.1) is 0 Å². The highest BCUT2D eigenvalue weighted by molar-refractivity contribution is 6.15. The Hall–Kier alpha value is -4.50. The van der Waals surface area contributed by atoms with Crippen molar-refractivity contribution in [3.05, 3.63) is 108 Å². The van der Waals surface area contributed by atoms with E-state index in [1.807, 2.05) is 0 Å². The smallest absolute Gasteiger partial charge is 0.126 e. The largest absolute Gasteiger partial charge is 0.496 e. The fraction of sp³-hybridized carbons (Fsp3) is 0.143. The summed E-state index contributed by atoms with van der Waals surface area (Å²) in [5.74, 6) is 2.27. The lowest BCUT2D eigenvalue weighted by atomic mass is 9.85. The maximum atomic E-state index is 5.98. The molecule has 0 saturated heterocycles. The van der Waals surface area contributed by atoms with Crippen molar-refractivity contribution in [3.8, 4) is 28.3 Å². The molecule has 186 valence electrons. The van der Waals surface area contributed by atoms with Gasteiger partial charge in [0, 0.05) is 33.5 Å². The van der Waals surface area contributed by atoms with Crippen molar-refractivity contribution in [2.24, 2.45) is 0 Å². The Bertz CT molecular complexity index is 1880. The second-order valence-electron chi connectivity index (χ2n) is 10.1. The first-order chi connectivity index (χ1) is 18.7. The van der Waals surface area contributed by atoms with Crippen LogP contribution in [0.5, 0.6) is 11.5 Å². The SMILES string of the molecule is COc1cc2c(c3c1C(C)CC=C3)c1ccc(-c3ccc(OC)c4ccccc34)cc1n2-c1ccccc1. The molecule has 1 aliphatic rings. The van der Waals surface area contributed by atoms with Crippen LogP contribution in [-0.2, 0) is 0 Å². The summed E-state index contributed by atoms with van der Waals surface area (Å²) in [4.78, 5) is 0. The van der Waals surface area contributed by atoms with Gasteiger partial charge in [0.05, 0.1) is 25.3 Å². The Balaban J connectivity index is 1.60.